The van der Waals surface area contributed by atoms with Gasteiger partial charge in [-0.25, -0.2) is 0 Å². The van der Waals surface area contributed by atoms with Crippen molar-refractivity contribution in [3.05, 3.63) is 40.3 Å². The van der Waals surface area contributed by atoms with Gasteiger partial charge in [0.15, 0.2) is 0 Å². The van der Waals surface area contributed by atoms with Crippen molar-refractivity contribution in [3.8, 4) is 0 Å². The molecule has 6 heteroatoms. The first-order valence-electron chi connectivity index (χ1n) is 8.88. The molecule has 0 bridgehead atoms. The number of carbonyl (C=O) groups excluding carboxylic acids is 1. The van der Waals surface area contributed by atoms with Gasteiger partial charge in [0.05, 0.1) is 5.69 Å². The molecule has 0 aromatic carbocycles. The largest absolute Gasteiger partial charge is 0.354 e. The van der Waals surface area contributed by atoms with Gasteiger partial charge in [-0.1, -0.05) is 18.9 Å². The highest BCUT2D eigenvalue weighted by Crippen LogP contribution is 2.29. The first-order valence-corrected chi connectivity index (χ1v) is 9.76. The molecule has 3 heterocycles. The molecule has 128 valence electrons. The van der Waals surface area contributed by atoms with Crippen molar-refractivity contribution in [1.29, 1.82) is 0 Å². The average Bonchev–Trinajstić information content (AvgIpc) is 3.34. The molecule has 1 atom stereocenters. The molecule has 5 nitrogen and oxygen atoms in total. The van der Waals surface area contributed by atoms with Gasteiger partial charge in [-0.15, -0.1) is 11.3 Å². The number of fused-ring (bicyclic) bond motifs is 1. The van der Waals surface area contributed by atoms with Crippen molar-refractivity contribution in [3.63, 3.8) is 0 Å². The van der Waals surface area contributed by atoms with Crippen LogP contribution in [-0.4, -0.2) is 39.7 Å². The summed E-state index contributed by atoms with van der Waals surface area (Å²) in [6, 6.07) is 6.65. The van der Waals surface area contributed by atoms with Gasteiger partial charge in [-0.2, -0.15) is 5.10 Å². The third-order valence-corrected chi connectivity index (χ3v) is 6.15. The van der Waals surface area contributed by atoms with E-state index in [2.05, 4.69) is 32.8 Å². The quantitative estimate of drug-likeness (QED) is 0.907. The van der Waals surface area contributed by atoms with E-state index < -0.39 is 0 Å². The van der Waals surface area contributed by atoms with Crippen LogP contribution in [0.15, 0.2) is 29.8 Å². The fourth-order valence-electron chi connectivity index (χ4n) is 3.94. The third-order valence-electron chi connectivity index (χ3n) is 5.21. The third kappa shape index (κ3) is 3.26. The van der Waals surface area contributed by atoms with Crippen LogP contribution in [0.3, 0.4) is 0 Å². The van der Waals surface area contributed by atoms with Crippen molar-refractivity contribution in [1.82, 2.24) is 20.0 Å². The van der Waals surface area contributed by atoms with E-state index in [4.69, 9.17) is 0 Å². The summed E-state index contributed by atoms with van der Waals surface area (Å²) in [7, 11) is 0. The summed E-state index contributed by atoms with van der Waals surface area (Å²) in [5.41, 5.74) is 1.16. The van der Waals surface area contributed by atoms with Gasteiger partial charge < -0.3 is 5.32 Å². The van der Waals surface area contributed by atoms with Crippen LogP contribution in [0.2, 0.25) is 0 Å². The number of aromatic nitrogens is 2. The minimum absolute atomic E-state index is 0.0965. The van der Waals surface area contributed by atoms with Gasteiger partial charge in [-0.3, -0.25) is 14.4 Å². The lowest BCUT2D eigenvalue weighted by molar-refractivity contribution is -0.126. The van der Waals surface area contributed by atoms with Crippen LogP contribution < -0.4 is 5.32 Å². The molecule has 0 unspecified atom stereocenters. The fraction of sp³-hybridized carbons (Fsp3) is 0.556. The Labute approximate surface area is 146 Å². The molecule has 2 aliphatic rings. The Morgan fingerprint density at radius 2 is 2.21 bits per heavy atom. The highest BCUT2D eigenvalue weighted by molar-refractivity contribution is 7.09. The van der Waals surface area contributed by atoms with E-state index in [1.807, 2.05) is 16.9 Å². The summed E-state index contributed by atoms with van der Waals surface area (Å²) in [6.45, 7) is 2.39. The van der Waals surface area contributed by atoms with Gasteiger partial charge in [-0.05, 0) is 36.8 Å². The maximum Gasteiger partial charge on any atom is 0.246 e. The van der Waals surface area contributed by atoms with E-state index in [0.29, 0.717) is 12.6 Å². The maximum atomic E-state index is 12.8. The number of nitrogens with zero attached hydrogens (tertiary/aromatic N) is 3. The minimum Gasteiger partial charge on any atom is -0.354 e. The number of hydrogen-bond donors (Lipinski definition) is 1. The molecular weight excluding hydrogens is 320 g/mol. The van der Waals surface area contributed by atoms with Crippen LogP contribution >= 0.6 is 11.3 Å². The molecule has 1 fully saturated rings. The Kier molecular flexibility index (Phi) is 4.67. The number of hydrogen-bond acceptors (Lipinski definition) is 4. The smallest absolute Gasteiger partial charge is 0.246 e. The Morgan fingerprint density at radius 1 is 1.33 bits per heavy atom. The molecule has 2 aromatic heterocycles. The lowest BCUT2D eigenvalue weighted by Crippen LogP contribution is -2.48. The molecule has 1 aliphatic heterocycles. The predicted octanol–water partition coefficient (Wildman–Crippen LogP) is 2.60. The second-order valence-corrected chi connectivity index (χ2v) is 7.80. The molecule has 1 N–H and O–H groups in total. The zero-order valence-electron chi connectivity index (χ0n) is 13.9. The SMILES string of the molecule is O=C(NCCc1cccs1)[C@H]1CN(C2CCCC2)Cc2ccnn21. The second kappa shape index (κ2) is 7.07. The molecule has 2 aromatic rings. The molecule has 1 aliphatic carbocycles. The van der Waals surface area contributed by atoms with Crippen LogP contribution in [0.1, 0.15) is 42.3 Å². The summed E-state index contributed by atoms with van der Waals surface area (Å²) in [5.74, 6) is 0.0965. The number of carbonyl (C=O) groups is 1. The maximum absolute atomic E-state index is 12.8. The highest BCUT2D eigenvalue weighted by Gasteiger charge is 2.34. The Balaban J connectivity index is 1.41. The predicted molar refractivity (Wildman–Crippen MR) is 95.0 cm³/mol. The van der Waals surface area contributed by atoms with Crippen molar-refractivity contribution >= 4 is 17.2 Å². The van der Waals surface area contributed by atoms with Gasteiger partial charge in [0.25, 0.3) is 0 Å². The van der Waals surface area contributed by atoms with Crippen LogP contribution in [-0.2, 0) is 17.8 Å². The van der Waals surface area contributed by atoms with E-state index in [1.54, 1.807) is 11.3 Å². The molecule has 0 saturated heterocycles. The van der Waals surface area contributed by atoms with Crippen molar-refractivity contribution < 1.29 is 4.79 Å². The average molecular weight is 344 g/mol. The normalized spacial score (nSPS) is 21.8. The Bertz CT molecular complexity index is 675. The van der Waals surface area contributed by atoms with Gasteiger partial charge in [0.2, 0.25) is 5.91 Å². The van der Waals surface area contributed by atoms with Crippen LogP contribution in [0, 0.1) is 0 Å². The first kappa shape index (κ1) is 15.8. The fourth-order valence-corrected chi connectivity index (χ4v) is 4.65. The molecule has 1 amide bonds. The van der Waals surface area contributed by atoms with Crippen LogP contribution in [0.4, 0.5) is 0 Å². The Hall–Kier alpha value is -1.66. The Morgan fingerprint density at radius 3 is 3.00 bits per heavy atom. The van der Waals surface area contributed by atoms with Gasteiger partial charge in [0.1, 0.15) is 6.04 Å². The molecule has 4 rings (SSSR count). The highest BCUT2D eigenvalue weighted by atomic mass is 32.1. The molecule has 24 heavy (non-hydrogen) atoms. The van der Waals surface area contributed by atoms with E-state index >= 15 is 0 Å². The summed E-state index contributed by atoms with van der Waals surface area (Å²) in [4.78, 5) is 16.6. The van der Waals surface area contributed by atoms with E-state index in [0.717, 1.165) is 25.2 Å². The molecule has 0 spiro atoms. The first-order chi connectivity index (χ1) is 11.8. The summed E-state index contributed by atoms with van der Waals surface area (Å²) in [5, 5.41) is 9.60. The van der Waals surface area contributed by atoms with E-state index in [-0.39, 0.29) is 11.9 Å². The number of rotatable bonds is 5. The minimum atomic E-state index is -0.201. The van der Waals surface area contributed by atoms with E-state index in [9.17, 15) is 4.79 Å². The van der Waals surface area contributed by atoms with Crippen molar-refractivity contribution in [2.75, 3.05) is 13.1 Å². The number of amides is 1. The van der Waals surface area contributed by atoms with Crippen LogP contribution in [0.25, 0.3) is 0 Å². The standard InChI is InChI=1S/C18H24N4OS/c23-18(19-9-8-16-6-3-11-24-16)17-13-21(14-4-1-2-5-14)12-15-7-10-20-22(15)17/h3,6-7,10-11,14,17H,1-2,4-5,8-9,12-13H2,(H,19,23)/t17-/m1/s1. The van der Waals surface area contributed by atoms with Crippen molar-refractivity contribution in [2.45, 2.75) is 50.7 Å². The van der Waals surface area contributed by atoms with Gasteiger partial charge in [0, 0.05) is 36.8 Å². The van der Waals surface area contributed by atoms with Crippen molar-refractivity contribution in [2.24, 2.45) is 0 Å². The van der Waals surface area contributed by atoms with Crippen LogP contribution in [0.5, 0.6) is 0 Å². The molecule has 1 saturated carbocycles. The van der Waals surface area contributed by atoms with E-state index in [1.165, 1.54) is 30.6 Å². The second-order valence-electron chi connectivity index (χ2n) is 6.77. The summed E-state index contributed by atoms with van der Waals surface area (Å²) in [6.07, 6.45) is 7.88. The lowest BCUT2D eigenvalue weighted by Gasteiger charge is -2.36. The topological polar surface area (TPSA) is 50.2 Å². The molecule has 0 radical (unpaired) electrons. The zero-order chi connectivity index (χ0) is 16.4. The zero-order valence-corrected chi connectivity index (χ0v) is 14.7. The number of thiophene rings is 1. The number of nitrogens with one attached hydrogen (secondary N) is 1. The van der Waals surface area contributed by atoms with Gasteiger partial charge >= 0.3 is 0 Å². The summed E-state index contributed by atoms with van der Waals surface area (Å²) < 4.78 is 1.92. The summed E-state index contributed by atoms with van der Waals surface area (Å²) >= 11 is 1.74. The lowest BCUT2D eigenvalue weighted by atomic mass is 10.1. The monoisotopic (exact) mass is 344 g/mol. The molecular formula is C18H24N4OS.